The zero-order valence-corrected chi connectivity index (χ0v) is 9.62. The van der Waals surface area contributed by atoms with Crippen LogP contribution in [-0.2, 0) is 6.42 Å². The van der Waals surface area contributed by atoms with E-state index in [1.807, 2.05) is 12.1 Å². The molecule has 0 aromatic carbocycles. The second-order valence-corrected chi connectivity index (χ2v) is 3.74. The Morgan fingerprint density at radius 2 is 2.13 bits per heavy atom. The first kappa shape index (κ1) is 11.9. The topological polar surface area (TPSA) is 30.0 Å². The molecular formula is C13H19NO. The van der Waals surface area contributed by atoms with Gasteiger partial charge >= 0.3 is 0 Å². The fraction of sp³-hybridized carbons (Fsp3) is 0.538. The summed E-state index contributed by atoms with van der Waals surface area (Å²) in [4.78, 5) is 16.0. The van der Waals surface area contributed by atoms with Gasteiger partial charge in [0.15, 0.2) is 5.78 Å². The molecule has 0 radical (unpaired) electrons. The molecule has 2 nitrogen and oxygen atoms in total. The van der Waals surface area contributed by atoms with Crippen LogP contribution in [0.15, 0.2) is 18.3 Å². The van der Waals surface area contributed by atoms with Gasteiger partial charge in [0.1, 0.15) is 5.69 Å². The van der Waals surface area contributed by atoms with Crippen LogP contribution in [0.4, 0.5) is 0 Å². The van der Waals surface area contributed by atoms with E-state index >= 15 is 0 Å². The number of ketones is 1. The number of unbranched alkanes of at least 4 members (excludes halogenated alkanes) is 2. The third-order valence-corrected chi connectivity index (χ3v) is 2.54. The fourth-order valence-corrected chi connectivity index (χ4v) is 1.63. The molecular weight excluding hydrogens is 186 g/mol. The molecule has 15 heavy (non-hydrogen) atoms. The Kier molecular flexibility index (Phi) is 5.02. The van der Waals surface area contributed by atoms with Crippen LogP contribution in [-0.4, -0.2) is 10.8 Å². The van der Waals surface area contributed by atoms with Crippen LogP contribution >= 0.6 is 0 Å². The lowest BCUT2D eigenvalue weighted by atomic mass is 10.0. The van der Waals surface area contributed by atoms with Crippen LogP contribution in [0.3, 0.4) is 0 Å². The van der Waals surface area contributed by atoms with Crippen molar-refractivity contribution in [3.8, 4) is 0 Å². The van der Waals surface area contributed by atoms with E-state index < -0.39 is 0 Å². The van der Waals surface area contributed by atoms with Gasteiger partial charge in [0, 0.05) is 12.6 Å². The van der Waals surface area contributed by atoms with Crippen molar-refractivity contribution in [2.75, 3.05) is 0 Å². The van der Waals surface area contributed by atoms with Gasteiger partial charge < -0.3 is 0 Å². The molecule has 1 rings (SSSR count). The maximum atomic E-state index is 11.8. The van der Waals surface area contributed by atoms with E-state index in [1.165, 1.54) is 0 Å². The quantitative estimate of drug-likeness (QED) is 0.526. The lowest BCUT2D eigenvalue weighted by Gasteiger charge is -2.04. The van der Waals surface area contributed by atoms with E-state index in [1.54, 1.807) is 6.20 Å². The molecule has 1 heterocycles. The Morgan fingerprint density at radius 3 is 2.80 bits per heavy atom. The molecule has 2 heteroatoms. The molecule has 0 aliphatic carbocycles. The van der Waals surface area contributed by atoms with Crippen LogP contribution < -0.4 is 0 Å². The van der Waals surface area contributed by atoms with Crippen molar-refractivity contribution in [1.82, 2.24) is 4.98 Å². The lowest BCUT2D eigenvalue weighted by Crippen LogP contribution is -2.05. The van der Waals surface area contributed by atoms with E-state index in [2.05, 4.69) is 18.8 Å². The van der Waals surface area contributed by atoms with Crippen molar-refractivity contribution < 1.29 is 4.79 Å². The van der Waals surface area contributed by atoms with Crippen molar-refractivity contribution in [1.29, 1.82) is 0 Å². The standard InChI is InChI=1S/C13H19NO/c1-3-5-6-9-12(15)13-11(4-2)8-7-10-14-13/h7-8,10H,3-6,9H2,1-2H3. The molecule has 0 N–H and O–H groups in total. The normalized spacial score (nSPS) is 10.3. The zero-order chi connectivity index (χ0) is 11.1. The molecule has 0 bridgehead atoms. The molecule has 1 aromatic rings. The van der Waals surface area contributed by atoms with Crippen LogP contribution in [0, 0.1) is 0 Å². The highest BCUT2D eigenvalue weighted by atomic mass is 16.1. The van der Waals surface area contributed by atoms with Crippen molar-refractivity contribution >= 4 is 5.78 Å². The highest BCUT2D eigenvalue weighted by molar-refractivity contribution is 5.95. The van der Waals surface area contributed by atoms with E-state index in [4.69, 9.17) is 0 Å². The first-order valence-electron chi connectivity index (χ1n) is 5.76. The summed E-state index contributed by atoms with van der Waals surface area (Å²) < 4.78 is 0. The molecule has 0 aliphatic rings. The molecule has 0 amide bonds. The monoisotopic (exact) mass is 205 g/mol. The number of carbonyl (C=O) groups is 1. The molecule has 0 aliphatic heterocycles. The van der Waals surface area contributed by atoms with E-state index in [0.717, 1.165) is 31.2 Å². The maximum absolute atomic E-state index is 11.8. The molecule has 0 atom stereocenters. The summed E-state index contributed by atoms with van der Waals surface area (Å²) >= 11 is 0. The predicted molar refractivity (Wildman–Crippen MR) is 62.1 cm³/mol. The number of hydrogen-bond acceptors (Lipinski definition) is 2. The number of Topliss-reactive ketones (excluding diaryl/α,β-unsaturated/α-hetero) is 1. The van der Waals surface area contributed by atoms with Gasteiger partial charge in [0.05, 0.1) is 0 Å². The molecule has 0 unspecified atom stereocenters. The van der Waals surface area contributed by atoms with E-state index in [9.17, 15) is 4.79 Å². The van der Waals surface area contributed by atoms with Gasteiger partial charge in [-0.2, -0.15) is 0 Å². The SMILES string of the molecule is CCCCCC(=O)c1ncccc1CC. The summed E-state index contributed by atoms with van der Waals surface area (Å²) in [5, 5.41) is 0. The molecule has 82 valence electrons. The average molecular weight is 205 g/mol. The number of hydrogen-bond donors (Lipinski definition) is 0. The third kappa shape index (κ3) is 3.46. The Balaban J connectivity index is 2.64. The van der Waals surface area contributed by atoms with Crippen LogP contribution in [0.5, 0.6) is 0 Å². The Hall–Kier alpha value is -1.18. The molecule has 0 fully saturated rings. The first-order chi connectivity index (χ1) is 7.29. The second kappa shape index (κ2) is 6.33. The van der Waals surface area contributed by atoms with Crippen molar-refractivity contribution in [2.45, 2.75) is 46.0 Å². The van der Waals surface area contributed by atoms with Crippen LogP contribution in [0.1, 0.15) is 55.6 Å². The minimum absolute atomic E-state index is 0.195. The highest BCUT2D eigenvalue weighted by Gasteiger charge is 2.10. The highest BCUT2D eigenvalue weighted by Crippen LogP contribution is 2.11. The van der Waals surface area contributed by atoms with Gasteiger partial charge in [-0.25, -0.2) is 0 Å². The van der Waals surface area contributed by atoms with Gasteiger partial charge in [-0.1, -0.05) is 32.8 Å². The average Bonchev–Trinajstić information content (AvgIpc) is 2.29. The minimum Gasteiger partial charge on any atom is -0.292 e. The summed E-state index contributed by atoms with van der Waals surface area (Å²) in [6.45, 7) is 4.20. The number of carbonyl (C=O) groups excluding carboxylic acids is 1. The van der Waals surface area contributed by atoms with Gasteiger partial charge in [0.25, 0.3) is 0 Å². The number of rotatable bonds is 6. The summed E-state index contributed by atoms with van der Waals surface area (Å²) in [5.74, 6) is 0.195. The van der Waals surface area contributed by atoms with Crippen LogP contribution in [0.25, 0.3) is 0 Å². The van der Waals surface area contributed by atoms with Gasteiger partial charge in [-0.3, -0.25) is 9.78 Å². The van der Waals surface area contributed by atoms with Gasteiger partial charge in [0.2, 0.25) is 0 Å². The summed E-state index contributed by atoms with van der Waals surface area (Å²) in [6.07, 6.45) is 6.47. The maximum Gasteiger partial charge on any atom is 0.181 e. The number of nitrogens with zero attached hydrogens (tertiary/aromatic N) is 1. The summed E-state index contributed by atoms with van der Waals surface area (Å²) in [5.41, 5.74) is 1.75. The minimum atomic E-state index is 0.195. The number of aromatic nitrogens is 1. The Morgan fingerprint density at radius 1 is 1.33 bits per heavy atom. The van der Waals surface area contributed by atoms with Crippen molar-refractivity contribution in [3.63, 3.8) is 0 Å². The smallest absolute Gasteiger partial charge is 0.181 e. The Labute approximate surface area is 91.7 Å². The second-order valence-electron chi connectivity index (χ2n) is 3.74. The zero-order valence-electron chi connectivity index (χ0n) is 9.62. The third-order valence-electron chi connectivity index (χ3n) is 2.54. The fourth-order valence-electron chi connectivity index (χ4n) is 1.63. The van der Waals surface area contributed by atoms with Crippen molar-refractivity contribution in [2.24, 2.45) is 0 Å². The number of pyridine rings is 1. The van der Waals surface area contributed by atoms with Gasteiger partial charge in [-0.05, 0) is 24.5 Å². The number of aryl methyl sites for hydroxylation is 1. The van der Waals surface area contributed by atoms with Gasteiger partial charge in [-0.15, -0.1) is 0 Å². The van der Waals surface area contributed by atoms with Crippen molar-refractivity contribution in [3.05, 3.63) is 29.6 Å². The predicted octanol–water partition coefficient (Wildman–Crippen LogP) is 3.41. The molecule has 0 spiro atoms. The molecule has 0 saturated heterocycles. The summed E-state index contributed by atoms with van der Waals surface area (Å²) in [6, 6.07) is 3.88. The van der Waals surface area contributed by atoms with Crippen LogP contribution in [0.2, 0.25) is 0 Å². The van der Waals surface area contributed by atoms with E-state index in [-0.39, 0.29) is 5.78 Å². The van der Waals surface area contributed by atoms with E-state index in [0.29, 0.717) is 12.1 Å². The lowest BCUT2D eigenvalue weighted by molar-refractivity contribution is 0.0973. The molecule has 1 aromatic heterocycles. The molecule has 0 saturated carbocycles. The largest absolute Gasteiger partial charge is 0.292 e. The summed E-state index contributed by atoms with van der Waals surface area (Å²) in [7, 11) is 0. The first-order valence-corrected chi connectivity index (χ1v) is 5.76. The Bertz CT molecular complexity index is 320.